The van der Waals surface area contributed by atoms with Crippen LogP contribution in [-0.4, -0.2) is 33.6 Å². The molecule has 0 aliphatic heterocycles. The van der Waals surface area contributed by atoms with Gasteiger partial charge in [0, 0.05) is 0 Å². The molecule has 4 aromatic rings. The lowest BCUT2D eigenvalue weighted by molar-refractivity contribution is -0.139. The van der Waals surface area contributed by atoms with E-state index in [0.29, 0.717) is 32.8 Å². The van der Waals surface area contributed by atoms with Crippen LogP contribution in [0.4, 0.5) is 5.69 Å². The molecule has 0 saturated carbocycles. The van der Waals surface area contributed by atoms with Crippen molar-refractivity contribution in [2.24, 2.45) is 4.99 Å². The van der Waals surface area contributed by atoms with Crippen LogP contribution in [0.1, 0.15) is 18.2 Å². The largest absolute Gasteiger partial charge is 0.469 e. The first kappa shape index (κ1) is 20.1. The first-order valence-corrected chi connectivity index (χ1v) is 10.2. The van der Waals surface area contributed by atoms with Gasteiger partial charge >= 0.3 is 5.97 Å². The number of halogens is 1. The number of ether oxygens (including phenoxy) is 1. The quantitative estimate of drug-likeness (QED) is 0.370. The number of hydrogen-bond donors (Lipinski definition) is 1. The van der Waals surface area contributed by atoms with E-state index in [2.05, 4.69) is 15.1 Å². The molecule has 0 bridgehead atoms. The fourth-order valence-electron chi connectivity index (χ4n) is 3.07. The van der Waals surface area contributed by atoms with Gasteiger partial charge in [0.05, 0.1) is 51.4 Å². The number of thiazole rings is 1. The predicted molar refractivity (Wildman–Crippen MR) is 119 cm³/mol. The second-order valence-electron chi connectivity index (χ2n) is 6.47. The molecule has 4 rings (SSSR count). The number of methoxy groups -OCH3 is 1. The minimum atomic E-state index is -0.473. The number of aliphatic imine (C=N–C) groups is 1. The van der Waals surface area contributed by atoms with Gasteiger partial charge < -0.3 is 4.74 Å². The van der Waals surface area contributed by atoms with Crippen molar-refractivity contribution in [2.75, 3.05) is 7.11 Å². The third kappa shape index (κ3) is 3.79. The molecule has 2 aromatic heterocycles. The molecule has 0 saturated heterocycles. The summed E-state index contributed by atoms with van der Waals surface area (Å²) in [4.78, 5) is 34.3. The van der Waals surface area contributed by atoms with Gasteiger partial charge in [-0.05, 0) is 31.2 Å². The molecule has 0 fully saturated rings. The predicted octanol–water partition coefficient (Wildman–Crippen LogP) is 4.28. The van der Waals surface area contributed by atoms with Crippen LogP contribution in [-0.2, 0) is 16.0 Å². The number of nitrogens with zero attached hydrogens (tertiary/aromatic N) is 3. The van der Waals surface area contributed by atoms with E-state index in [1.54, 1.807) is 25.1 Å². The standard InChI is InChI=1S/C21H17ClN4O3S/c1-12(23-14-8-4-3-7-13(14)22)19-16(11-18(27)29-2)25-26(20(19)28)21-24-15-9-5-6-10-17(15)30-21/h3-10,25H,11H2,1-2H3. The van der Waals surface area contributed by atoms with Crippen molar-refractivity contribution < 1.29 is 9.53 Å². The Morgan fingerprint density at radius 1 is 1.23 bits per heavy atom. The Morgan fingerprint density at radius 2 is 1.97 bits per heavy atom. The van der Waals surface area contributed by atoms with Crippen LogP contribution in [0.2, 0.25) is 5.02 Å². The van der Waals surface area contributed by atoms with Crippen molar-refractivity contribution in [3.05, 3.63) is 75.2 Å². The highest BCUT2D eigenvalue weighted by atomic mass is 35.5. The van der Waals surface area contributed by atoms with Gasteiger partial charge in [0.1, 0.15) is 0 Å². The van der Waals surface area contributed by atoms with E-state index < -0.39 is 5.97 Å². The Kier molecular flexibility index (Phi) is 5.52. The van der Waals surface area contributed by atoms with Gasteiger partial charge in [-0.25, -0.2) is 4.98 Å². The lowest BCUT2D eigenvalue weighted by Crippen LogP contribution is -2.20. The van der Waals surface area contributed by atoms with Crippen molar-refractivity contribution >= 4 is 50.5 Å². The molecule has 2 heterocycles. The maximum Gasteiger partial charge on any atom is 0.311 e. The second-order valence-corrected chi connectivity index (χ2v) is 7.89. The Labute approximate surface area is 180 Å². The molecule has 0 spiro atoms. The summed E-state index contributed by atoms with van der Waals surface area (Å²) in [5.74, 6) is -0.473. The second kappa shape index (κ2) is 8.25. The smallest absolute Gasteiger partial charge is 0.311 e. The van der Waals surface area contributed by atoms with Crippen molar-refractivity contribution in [2.45, 2.75) is 13.3 Å². The summed E-state index contributed by atoms with van der Waals surface area (Å²) < 4.78 is 7.07. The summed E-state index contributed by atoms with van der Waals surface area (Å²) in [6, 6.07) is 14.7. The first-order valence-electron chi connectivity index (χ1n) is 9.04. The summed E-state index contributed by atoms with van der Waals surface area (Å²) in [5.41, 5.74) is 2.10. The normalized spacial score (nSPS) is 11.8. The molecule has 0 radical (unpaired) electrons. The summed E-state index contributed by atoms with van der Waals surface area (Å²) in [6.45, 7) is 1.71. The molecule has 0 unspecified atom stereocenters. The van der Waals surface area contributed by atoms with Gasteiger partial charge in [-0.1, -0.05) is 47.2 Å². The van der Waals surface area contributed by atoms with E-state index in [1.165, 1.54) is 23.1 Å². The monoisotopic (exact) mass is 440 g/mol. The minimum absolute atomic E-state index is 0.103. The third-order valence-electron chi connectivity index (χ3n) is 4.49. The van der Waals surface area contributed by atoms with E-state index in [1.807, 2.05) is 30.3 Å². The Morgan fingerprint density at radius 3 is 2.70 bits per heavy atom. The molecule has 2 aromatic carbocycles. The molecular formula is C21H17ClN4O3S. The van der Waals surface area contributed by atoms with E-state index in [-0.39, 0.29) is 12.0 Å². The van der Waals surface area contributed by atoms with Crippen LogP contribution in [0.25, 0.3) is 15.3 Å². The van der Waals surface area contributed by atoms with E-state index in [0.717, 1.165) is 10.2 Å². The van der Waals surface area contributed by atoms with Crippen LogP contribution in [0.15, 0.2) is 58.3 Å². The number of fused-ring (bicyclic) bond motifs is 1. The zero-order valence-electron chi connectivity index (χ0n) is 16.2. The molecule has 0 aliphatic rings. The molecule has 0 amide bonds. The Balaban J connectivity index is 1.87. The molecule has 7 nitrogen and oxygen atoms in total. The zero-order valence-corrected chi connectivity index (χ0v) is 17.8. The number of carbonyl (C=O) groups excluding carboxylic acids is 1. The number of hydrogen-bond acceptors (Lipinski definition) is 6. The molecule has 30 heavy (non-hydrogen) atoms. The van der Waals surface area contributed by atoms with Gasteiger partial charge in [0.25, 0.3) is 5.56 Å². The highest BCUT2D eigenvalue weighted by Gasteiger charge is 2.22. The third-order valence-corrected chi connectivity index (χ3v) is 5.83. The number of carbonyl (C=O) groups is 1. The number of aromatic nitrogens is 3. The maximum absolute atomic E-state index is 13.3. The molecular weight excluding hydrogens is 424 g/mol. The molecule has 0 aliphatic carbocycles. The Bertz CT molecular complexity index is 1300. The summed E-state index contributed by atoms with van der Waals surface area (Å²) in [5, 5.41) is 3.95. The zero-order chi connectivity index (χ0) is 21.3. The van der Waals surface area contributed by atoms with Crippen LogP contribution in [0, 0.1) is 0 Å². The first-order chi connectivity index (χ1) is 14.5. The van der Waals surface area contributed by atoms with Crippen LogP contribution in [0.3, 0.4) is 0 Å². The molecule has 152 valence electrons. The highest BCUT2D eigenvalue weighted by Crippen LogP contribution is 2.26. The number of rotatable bonds is 5. The van der Waals surface area contributed by atoms with Crippen molar-refractivity contribution in [1.29, 1.82) is 0 Å². The SMILES string of the molecule is COC(=O)Cc1[nH]n(-c2nc3ccccc3s2)c(=O)c1C(C)=Nc1ccccc1Cl. The number of H-pyrrole nitrogens is 1. The summed E-state index contributed by atoms with van der Waals surface area (Å²) in [6.07, 6.45) is -0.103. The van der Waals surface area contributed by atoms with Gasteiger partial charge in [-0.3, -0.25) is 19.7 Å². The average molecular weight is 441 g/mol. The van der Waals surface area contributed by atoms with Crippen molar-refractivity contribution in [3.8, 4) is 5.13 Å². The van der Waals surface area contributed by atoms with E-state index >= 15 is 0 Å². The van der Waals surface area contributed by atoms with Crippen LogP contribution >= 0.6 is 22.9 Å². The number of esters is 1. The van der Waals surface area contributed by atoms with Gasteiger partial charge in [-0.2, -0.15) is 4.68 Å². The van der Waals surface area contributed by atoms with Gasteiger partial charge in [0.15, 0.2) is 0 Å². The summed E-state index contributed by atoms with van der Waals surface area (Å²) in [7, 11) is 1.30. The van der Waals surface area contributed by atoms with Gasteiger partial charge in [-0.15, -0.1) is 0 Å². The fourth-order valence-corrected chi connectivity index (χ4v) is 4.17. The highest BCUT2D eigenvalue weighted by molar-refractivity contribution is 7.20. The molecule has 0 atom stereocenters. The van der Waals surface area contributed by atoms with E-state index in [9.17, 15) is 9.59 Å². The number of benzene rings is 2. The van der Waals surface area contributed by atoms with Crippen LogP contribution in [0.5, 0.6) is 0 Å². The topological polar surface area (TPSA) is 89.3 Å². The number of para-hydroxylation sites is 2. The lowest BCUT2D eigenvalue weighted by Gasteiger charge is -2.03. The fraction of sp³-hybridized carbons (Fsp3) is 0.143. The Hall–Kier alpha value is -3.23. The van der Waals surface area contributed by atoms with Crippen LogP contribution < -0.4 is 5.56 Å². The van der Waals surface area contributed by atoms with Crippen molar-refractivity contribution in [3.63, 3.8) is 0 Å². The molecule has 1 N–H and O–H groups in total. The number of nitrogens with one attached hydrogen (secondary N) is 1. The average Bonchev–Trinajstić information content (AvgIpc) is 3.30. The lowest BCUT2D eigenvalue weighted by atomic mass is 10.1. The minimum Gasteiger partial charge on any atom is -0.469 e. The van der Waals surface area contributed by atoms with Crippen molar-refractivity contribution in [1.82, 2.24) is 14.8 Å². The summed E-state index contributed by atoms with van der Waals surface area (Å²) >= 11 is 7.58. The van der Waals surface area contributed by atoms with E-state index in [4.69, 9.17) is 16.3 Å². The molecule has 9 heteroatoms. The van der Waals surface area contributed by atoms with Gasteiger partial charge in [0.2, 0.25) is 5.13 Å². The maximum atomic E-state index is 13.3. The number of aromatic amines is 1.